The molecule has 1 saturated heterocycles. The van der Waals surface area contributed by atoms with Gasteiger partial charge in [0.2, 0.25) is 0 Å². The standard InChI is InChI=1S/C16H23FN2.2ClH/c1-19(13-15-4-2-10-18-12-15)11-3-5-14-6-8-16(17)9-7-14;;/h3,5-9,15,18H,2,4,10-13H2,1H3;2*1H. The van der Waals surface area contributed by atoms with Gasteiger partial charge >= 0.3 is 0 Å². The lowest BCUT2D eigenvalue weighted by molar-refractivity contribution is 0.260. The summed E-state index contributed by atoms with van der Waals surface area (Å²) in [5, 5.41) is 3.45. The summed E-state index contributed by atoms with van der Waals surface area (Å²) >= 11 is 0. The van der Waals surface area contributed by atoms with E-state index in [-0.39, 0.29) is 30.6 Å². The van der Waals surface area contributed by atoms with E-state index in [0.29, 0.717) is 0 Å². The number of halogens is 3. The number of nitrogens with zero attached hydrogens (tertiary/aromatic N) is 1. The zero-order valence-electron chi connectivity index (χ0n) is 12.4. The number of likely N-dealkylation sites (N-methyl/N-ethyl adjacent to an activating group) is 1. The van der Waals surface area contributed by atoms with E-state index in [2.05, 4.69) is 29.4 Å². The van der Waals surface area contributed by atoms with Gasteiger partial charge in [-0.15, -0.1) is 24.8 Å². The number of piperidine rings is 1. The van der Waals surface area contributed by atoms with Crippen LogP contribution in [0.3, 0.4) is 0 Å². The molecule has 5 heteroatoms. The van der Waals surface area contributed by atoms with Gasteiger partial charge in [-0.25, -0.2) is 4.39 Å². The summed E-state index contributed by atoms with van der Waals surface area (Å²) in [5.74, 6) is 0.594. The summed E-state index contributed by atoms with van der Waals surface area (Å²) in [4.78, 5) is 2.34. The Bertz CT molecular complexity index is 403. The summed E-state index contributed by atoms with van der Waals surface area (Å²) in [6.07, 6.45) is 6.82. The van der Waals surface area contributed by atoms with E-state index in [0.717, 1.165) is 31.1 Å². The molecule has 0 spiro atoms. The van der Waals surface area contributed by atoms with E-state index >= 15 is 0 Å². The third-order valence-corrected chi connectivity index (χ3v) is 3.57. The molecule has 1 unspecified atom stereocenters. The average Bonchev–Trinajstić information content (AvgIpc) is 2.42. The molecule has 0 amide bonds. The lowest BCUT2D eigenvalue weighted by Gasteiger charge is -2.26. The van der Waals surface area contributed by atoms with E-state index in [9.17, 15) is 4.39 Å². The predicted octanol–water partition coefficient (Wildman–Crippen LogP) is 3.61. The fourth-order valence-electron chi connectivity index (χ4n) is 2.54. The zero-order valence-corrected chi connectivity index (χ0v) is 14.1. The molecule has 2 nitrogen and oxygen atoms in total. The van der Waals surface area contributed by atoms with Gasteiger partial charge in [-0.2, -0.15) is 0 Å². The Morgan fingerprint density at radius 3 is 2.62 bits per heavy atom. The molecule has 1 N–H and O–H groups in total. The molecule has 1 aromatic carbocycles. The predicted molar refractivity (Wildman–Crippen MR) is 93.0 cm³/mol. The molecule has 1 atom stereocenters. The first kappa shape index (κ1) is 20.4. The van der Waals surface area contributed by atoms with Crippen molar-refractivity contribution in [3.8, 4) is 0 Å². The van der Waals surface area contributed by atoms with E-state index in [1.54, 1.807) is 12.1 Å². The molecule has 1 aromatic rings. The van der Waals surface area contributed by atoms with Crippen molar-refractivity contribution in [3.05, 3.63) is 41.7 Å². The Morgan fingerprint density at radius 2 is 2.00 bits per heavy atom. The fraction of sp³-hybridized carbons (Fsp3) is 0.500. The third-order valence-electron chi connectivity index (χ3n) is 3.57. The van der Waals surface area contributed by atoms with Crippen LogP contribution >= 0.6 is 24.8 Å². The van der Waals surface area contributed by atoms with Crippen molar-refractivity contribution in [3.63, 3.8) is 0 Å². The monoisotopic (exact) mass is 334 g/mol. The van der Waals surface area contributed by atoms with Gasteiger partial charge in [0, 0.05) is 13.1 Å². The van der Waals surface area contributed by atoms with Crippen LogP contribution < -0.4 is 5.32 Å². The molecule has 0 radical (unpaired) electrons. The lowest BCUT2D eigenvalue weighted by atomic mass is 9.99. The SMILES string of the molecule is CN(CC=Cc1ccc(F)cc1)CC1CCCNC1.Cl.Cl. The molecule has 2 rings (SSSR count). The number of hydrogen-bond acceptors (Lipinski definition) is 2. The molecular formula is C16H25Cl2FN2. The van der Waals surface area contributed by atoms with Gasteiger partial charge < -0.3 is 10.2 Å². The summed E-state index contributed by atoms with van der Waals surface area (Å²) in [6.45, 7) is 4.39. The smallest absolute Gasteiger partial charge is 0.123 e. The van der Waals surface area contributed by atoms with Crippen molar-refractivity contribution in [2.75, 3.05) is 33.2 Å². The Balaban J connectivity index is 0.00000200. The number of hydrogen-bond donors (Lipinski definition) is 1. The topological polar surface area (TPSA) is 15.3 Å². The Kier molecular flexibility index (Phi) is 10.7. The molecule has 0 aromatic heterocycles. The van der Waals surface area contributed by atoms with Gasteiger partial charge in [0.05, 0.1) is 0 Å². The molecule has 1 aliphatic rings. The van der Waals surface area contributed by atoms with Crippen molar-refractivity contribution in [2.24, 2.45) is 5.92 Å². The van der Waals surface area contributed by atoms with E-state index in [1.165, 1.54) is 31.5 Å². The van der Waals surface area contributed by atoms with Crippen molar-refractivity contribution in [1.29, 1.82) is 0 Å². The maximum absolute atomic E-state index is 12.8. The Morgan fingerprint density at radius 1 is 1.29 bits per heavy atom. The second kappa shape index (κ2) is 11.0. The Hall–Kier alpha value is -0.610. The molecule has 0 aliphatic carbocycles. The first-order valence-corrected chi connectivity index (χ1v) is 7.05. The van der Waals surface area contributed by atoms with Gasteiger partial charge in [-0.3, -0.25) is 0 Å². The van der Waals surface area contributed by atoms with Crippen LogP contribution in [0.15, 0.2) is 30.3 Å². The van der Waals surface area contributed by atoms with Gasteiger partial charge in [0.1, 0.15) is 5.82 Å². The molecule has 1 aliphatic heterocycles. The lowest BCUT2D eigenvalue weighted by Crippen LogP contribution is -2.36. The molecule has 1 fully saturated rings. The number of rotatable bonds is 5. The first-order valence-electron chi connectivity index (χ1n) is 7.05. The minimum absolute atomic E-state index is 0. The summed E-state index contributed by atoms with van der Waals surface area (Å²) < 4.78 is 12.8. The minimum atomic E-state index is -0.181. The summed E-state index contributed by atoms with van der Waals surface area (Å²) in [7, 11) is 2.16. The van der Waals surface area contributed by atoms with E-state index < -0.39 is 0 Å². The fourth-order valence-corrected chi connectivity index (χ4v) is 2.54. The van der Waals surface area contributed by atoms with Crippen LogP contribution in [0.4, 0.5) is 4.39 Å². The highest BCUT2D eigenvalue weighted by Gasteiger charge is 2.13. The van der Waals surface area contributed by atoms with Gasteiger partial charge in [0.25, 0.3) is 0 Å². The van der Waals surface area contributed by atoms with Crippen molar-refractivity contribution in [2.45, 2.75) is 12.8 Å². The maximum Gasteiger partial charge on any atom is 0.123 e. The van der Waals surface area contributed by atoms with Crippen LogP contribution in [0, 0.1) is 11.7 Å². The van der Waals surface area contributed by atoms with Crippen LogP contribution in [0.5, 0.6) is 0 Å². The summed E-state index contributed by atoms with van der Waals surface area (Å²) in [6, 6.07) is 6.60. The molecule has 0 saturated carbocycles. The first-order chi connectivity index (χ1) is 9.24. The molecule has 120 valence electrons. The van der Waals surface area contributed by atoms with Gasteiger partial charge in [-0.1, -0.05) is 24.3 Å². The largest absolute Gasteiger partial charge is 0.316 e. The van der Waals surface area contributed by atoms with Crippen LogP contribution in [-0.2, 0) is 0 Å². The highest BCUT2D eigenvalue weighted by molar-refractivity contribution is 5.85. The quantitative estimate of drug-likeness (QED) is 0.884. The summed E-state index contributed by atoms with van der Waals surface area (Å²) in [5.41, 5.74) is 1.05. The van der Waals surface area contributed by atoms with E-state index in [4.69, 9.17) is 0 Å². The molecular weight excluding hydrogens is 310 g/mol. The highest BCUT2D eigenvalue weighted by Crippen LogP contribution is 2.11. The van der Waals surface area contributed by atoms with Crippen LogP contribution in [-0.4, -0.2) is 38.1 Å². The molecule has 21 heavy (non-hydrogen) atoms. The normalized spacial score (nSPS) is 18.3. The minimum Gasteiger partial charge on any atom is -0.316 e. The second-order valence-electron chi connectivity index (χ2n) is 5.39. The number of nitrogens with one attached hydrogen (secondary N) is 1. The van der Waals surface area contributed by atoms with Crippen LogP contribution in [0.1, 0.15) is 18.4 Å². The maximum atomic E-state index is 12.8. The van der Waals surface area contributed by atoms with Crippen molar-refractivity contribution >= 4 is 30.9 Å². The molecule has 1 heterocycles. The van der Waals surface area contributed by atoms with Crippen molar-refractivity contribution < 1.29 is 4.39 Å². The van der Waals surface area contributed by atoms with E-state index in [1.807, 2.05) is 0 Å². The average molecular weight is 335 g/mol. The zero-order chi connectivity index (χ0) is 13.5. The van der Waals surface area contributed by atoms with Crippen LogP contribution in [0.2, 0.25) is 0 Å². The Labute approximate surface area is 139 Å². The third kappa shape index (κ3) is 7.82. The number of benzene rings is 1. The second-order valence-corrected chi connectivity index (χ2v) is 5.39. The van der Waals surface area contributed by atoms with Gasteiger partial charge in [-0.05, 0) is 56.6 Å². The highest BCUT2D eigenvalue weighted by atomic mass is 35.5. The van der Waals surface area contributed by atoms with Gasteiger partial charge in [0.15, 0.2) is 0 Å². The van der Waals surface area contributed by atoms with Crippen LogP contribution in [0.25, 0.3) is 6.08 Å². The molecule has 0 bridgehead atoms. The van der Waals surface area contributed by atoms with Crippen molar-refractivity contribution in [1.82, 2.24) is 10.2 Å².